The molecular formula is C25H27N9O2. The van der Waals surface area contributed by atoms with Crippen LogP contribution in [0.5, 0.6) is 0 Å². The number of aromatic nitrogens is 5. The van der Waals surface area contributed by atoms with Gasteiger partial charge in [-0.05, 0) is 53.3 Å². The summed E-state index contributed by atoms with van der Waals surface area (Å²) in [6, 6.07) is 18.4. The first-order valence-corrected chi connectivity index (χ1v) is 11.9. The van der Waals surface area contributed by atoms with E-state index in [0.717, 1.165) is 36.1 Å². The number of nitrogens with zero attached hydrogens (tertiary/aromatic N) is 7. The van der Waals surface area contributed by atoms with Gasteiger partial charge in [-0.1, -0.05) is 66.2 Å². The highest BCUT2D eigenvalue weighted by atomic mass is 16.6. The van der Waals surface area contributed by atoms with Crippen LogP contribution in [-0.4, -0.2) is 54.9 Å². The number of piperidine rings is 1. The minimum absolute atomic E-state index is 0.0665. The van der Waals surface area contributed by atoms with Crippen molar-refractivity contribution in [3.05, 3.63) is 71.5 Å². The SMILES string of the molecule is C[C@@H]1CCCCN1Cc1c(C(=O)N/N=C/c2ccc(-c3ccccc3)cc2)nnn1-c1nonc1N. The molecule has 0 radical (unpaired) electrons. The number of nitrogen functional groups attached to an aromatic ring is 1. The van der Waals surface area contributed by atoms with Crippen molar-refractivity contribution in [3.8, 4) is 16.9 Å². The predicted molar refractivity (Wildman–Crippen MR) is 134 cm³/mol. The van der Waals surface area contributed by atoms with E-state index in [1.165, 1.54) is 11.1 Å². The number of hydrazone groups is 1. The lowest BCUT2D eigenvalue weighted by atomic mass is 10.0. The Bertz CT molecular complexity index is 1350. The fourth-order valence-electron chi connectivity index (χ4n) is 4.32. The Morgan fingerprint density at radius 1 is 1.14 bits per heavy atom. The molecule has 3 N–H and O–H groups in total. The van der Waals surface area contributed by atoms with Crippen molar-refractivity contribution in [2.45, 2.75) is 38.8 Å². The zero-order valence-corrected chi connectivity index (χ0v) is 19.9. The molecule has 2 aromatic carbocycles. The molecule has 2 aromatic heterocycles. The van der Waals surface area contributed by atoms with Gasteiger partial charge in [-0.25, -0.2) is 10.1 Å². The summed E-state index contributed by atoms with van der Waals surface area (Å²) in [4.78, 5) is 15.3. The van der Waals surface area contributed by atoms with Crippen molar-refractivity contribution in [2.75, 3.05) is 12.3 Å². The Kier molecular flexibility index (Phi) is 6.80. The predicted octanol–water partition coefficient (Wildman–Crippen LogP) is 3.04. The Balaban J connectivity index is 1.33. The number of hydrogen-bond acceptors (Lipinski definition) is 9. The Morgan fingerprint density at radius 2 is 1.92 bits per heavy atom. The molecule has 36 heavy (non-hydrogen) atoms. The van der Waals surface area contributed by atoms with Crippen LogP contribution in [-0.2, 0) is 6.54 Å². The third kappa shape index (κ3) is 5.01. The fourth-order valence-corrected chi connectivity index (χ4v) is 4.32. The molecule has 0 saturated carbocycles. The maximum atomic E-state index is 13.0. The van der Waals surface area contributed by atoms with Crippen LogP contribution < -0.4 is 11.2 Å². The zero-order valence-electron chi connectivity index (χ0n) is 19.9. The topological polar surface area (TPSA) is 140 Å². The fraction of sp³-hybridized carbons (Fsp3) is 0.280. The van der Waals surface area contributed by atoms with Crippen LogP contribution in [0.15, 0.2) is 64.3 Å². The highest BCUT2D eigenvalue weighted by molar-refractivity contribution is 5.94. The Hall–Kier alpha value is -4.38. The van der Waals surface area contributed by atoms with Crippen LogP contribution in [0.4, 0.5) is 5.82 Å². The molecule has 11 heteroatoms. The van der Waals surface area contributed by atoms with Gasteiger partial charge in [0, 0.05) is 12.6 Å². The number of amides is 1. The number of nitrogens with one attached hydrogen (secondary N) is 1. The maximum Gasteiger partial charge on any atom is 0.293 e. The average Bonchev–Trinajstić information content (AvgIpc) is 3.52. The molecule has 1 saturated heterocycles. The normalized spacial score (nSPS) is 16.4. The number of benzene rings is 2. The Labute approximate surface area is 207 Å². The second-order valence-electron chi connectivity index (χ2n) is 8.77. The van der Waals surface area contributed by atoms with Gasteiger partial charge >= 0.3 is 0 Å². The van der Waals surface area contributed by atoms with Gasteiger partial charge in [0.25, 0.3) is 5.91 Å². The van der Waals surface area contributed by atoms with Gasteiger partial charge < -0.3 is 5.73 Å². The number of nitrogens with two attached hydrogens (primary N) is 1. The quantitative estimate of drug-likeness (QED) is 0.301. The molecule has 1 amide bonds. The average molecular weight is 486 g/mol. The van der Waals surface area contributed by atoms with E-state index in [1.54, 1.807) is 6.21 Å². The van der Waals surface area contributed by atoms with Gasteiger partial charge in [0.2, 0.25) is 11.6 Å². The number of rotatable bonds is 7. The number of carbonyl (C=O) groups excluding carboxylic acids is 1. The first-order chi connectivity index (χ1) is 17.6. The number of anilines is 1. The lowest BCUT2D eigenvalue weighted by molar-refractivity contribution is 0.0945. The van der Waals surface area contributed by atoms with E-state index in [0.29, 0.717) is 18.3 Å². The highest BCUT2D eigenvalue weighted by Crippen LogP contribution is 2.23. The molecule has 3 heterocycles. The molecule has 0 unspecified atom stereocenters. The van der Waals surface area contributed by atoms with Crippen molar-refractivity contribution in [2.24, 2.45) is 5.10 Å². The summed E-state index contributed by atoms with van der Waals surface area (Å²) in [6.07, 6.45) is 4.95. The molecule has 5 rings (SSSR count). The molecule has 0 spiro atoms. The van der Waals surface area contributed by atoms with Crippen molar-refractivity contribution in [3.63, 3.8) is 0 Å². The molecule has 1 aliphatic rings. The zero-order chi connectivity index (χ0) is 24.9. The number of carbonyl (C=O) groups is 1. The summed E-state index contributed by atoms with van der Waals surface area (Å²) in [6.45, 7) is 3.54. The van der Waals surface area contributed by atoms with Gasteiger partial charge in [0.05, 0.1) is 11.9 Å². The Morgan fingerprint density at radius 3 is 2.64 bits per heavy atom. The third-order valence-corrected chi connectivity index (χ3v) is 6.37. The largest absolute Gasteiger partial charge is 0.378 e. The minimum Gasteiger partial charge on any atom is -0.378 e. The first kappa shape index (κ1) is 23.4. The first-order valence-electron chi connectivity index (χ1n) is 11.9. The van der Waals surface area contributed by atoms with E-state index < -0.39 is 5.91 Å². The summed E-state index contributed by atoms with van der Waals surface area (Å²) in [5, 5.41) is 19.8. The van der Waals surface area contributed by atoms with Gasteiger partial charge in [-0.3, -0.25) is 9.69 Å². The van der Waals surface area contributed by atoms with Crippen molar-refractivity contribution >= 4 is 17.9 Å². The van der Waals surface area contributed by atoms with Gasteiger partial charge in [-0.2, -0.15) is 9.78 Å². The van der Waals surface area contributed by atoms with Crippen molar-refractivity contribution in [1.82, 2.24) is 35.6 Å². The van der Waals surface area contributed by atoms with E-state index in [1.807, 2.05) is 42.5 Å². The lowest BCUT2D eigenvalue weighted by Gasteiger charge is -2.33. The minimum atomic E-state index is -0.479. The van der Waals surface area contributed by atoms with Crippen LogP contribution in [0, 0.1) is 0 Å². The molecule has 1 aliphatic heterocycles. The van der Waals surface area contributed by atoms with Crippen molar-refractivity contribution < 1.29 is 9.42 Å². The molecular weight excluding hydrogens is 458 g/mol. The summed E-state index contributed by atoms with van der Waals surface area (Å²) in [5.41, 5.74) is 12.2. The van der Waals surface area contributed by atoms with Crippen molar-refractivity contribution in [1.29, 1.82) is 0 Å². The molecule has 11 nitrogen and oxygen atoms in total. The van der Waals surface area contributed by atoms with Crippen LogP contribution in [0.3, 0.4) is 0 Å². The van der Waals surface area contributed by atoms with Gasteiger partial charge in [0.15, 0.2) is 5.69 Å². The summed E-state index contributed by atoms with van der Waals surface area (Å²) in [7, 11) is 0. The second-order valence-corrected chi connectivity index (χ2v) is 8.77. The van der Waals surface area contributed by atoms with E-state index in [2.05, 4.69) is 55.1 Å². The molecule has 0 aliphatic carbocycles. The molecule has 184 valence electrons. The van der Waals surface area contributed by atoms with E-state index in [4.69, 9.17) is 10.4 Å². The van der Waals surface area contributed by atoms with Crippen LogP contribution in [0.1, 0.15) is 47.9 Å². The number of likely N-dealkylation sites (tertiary alicyclic amines) is 1. The van der Waals surface area contributed by atoms with Crippen LogP contribution in [0.2, 0.25) is 0 Å². The van der Waals surface area contributed by atoms with E-state index in [-0.39, 0.29) is 17.3 Å². The van der Waals surface area contributed by atoms with Gasteiger partial charge in [0.1, 0.15) is 0 Å². The maximum absolute atomic E-state index is 13.0. The molecule has 4 aromatic rings. The standard InChI is InChI=1S/C25H27N9O2/c1-17-7-5-6-14-33(17)16-21-22(28-32-34(21)24-23(26)30-36-31-24)25(35)29-27-15-18-10-12-20(13-11-18)19-8-3-2-4-9-19/h2-4,8-13,15,17H,5-7,14,16H2,1H3,(H2,26,30)(H,29,35)/b27-15+/t17-/m1/s1. The molecule has 1 fully saturated rings. The smallest absolute Gasteiger partial charge is 0.293 e. The van der Waals surface area contributed by atoms with Crippen LogP contribution in [0.25, 0.3) is 16.9 Å². The van der Waals surface area contributed by atoms with E-state index >= 15 is 0 Å². The summed E-state index contributed by atoms with van der Waals surface area (Å²) in [5.74, 6) is -0.215. The highest BCUT2D eigenvalue weighted by Gasteiger charge is 2.28. The summed E-state index contributed by atoms with van der Waals surface area (Å²) >= 11 is 0. The van der Waals surface area contributed by atoms with Crippen LogP contribution >= 0.6 is 0 Å². The van der Waals surface area contributed by atoms with E-state index in [9.17, 15) is 4.79 Å². The summed E-state index contributed by atoms with van der Waals surface area (Å²) < 4.78 is 6.15. The molecule has 1 atom stereocenters. The third-order valence-electron chi connectivity index (χ3n) is 6.37. The van der Waals surface area contributed by atoms with Gasteiger partial charge in [-0.15, -0.1) is 5.10 Å². The molecule has 0 bridgehead atoms. The second kappa shape index (κ2) is 10.5. The monoisotopic (exact) mass is 485 g/mol. The lowest BCUT2D eigenvalue weighted by Crippen LogP contribution is -2.38. The number of hydrogen-bond donors (Lipinski definition) is 2.